The molecule has 1 aromatic heterocycles. The Morgan fingerprint density at radius 3 is 3.00 bits per heavy atom. The molecule has 0 fully saturated rings. The predicted octanol–water partition coefficient (Wildman–Crippen LogP) is 0.364. The summed E-state index contributed by atoms with van der Waals surface area (Å²) in [4.78, 5) is 16.2. The number of aromatic nitrogens is 2. The molecule has 0 radical (unpaired) electrons. The van der Waals surface area contributed by atoms with E-state index in [2.05, 4.69) is 4.98 Å². The molecule has 0 saturated carbocycles. The van der Waals surface area contributed by atoms with E-state index in [9.17, 15) is 4.79 Å². The number of rotatable bonds is 3. The molecule has 0 aliphatic carbocycles. The van der Waals surface area contributed by atoms with E-state index in [-0.39, 0.29) is 5.56 Å². The van der Waals surface area contributed by atoms with Gasteiger partial charge < -0.3 is 10.5 Å². The van der Waals surface area contributed by atoms with Crippen LogP contribution >= 0.6 is 0 Å². The maximum atomic E-state index is 12.0. The maximum Gasteiger partial charge on any atom is 0.261 e. The third-order valence-electron chi connectivity index (χ3n) is 2.41. The Bertz CT molecular complexity index is 563. The number of ether oxygens (including phenoxy) is 1. The Hall–Kier alpha value is -1.88. The summed E-state index contributed by atoms with van der Waals surface area (Å²) in [5, 5.41) is 0.551. The van der Waals surface area contributed by atoms with Gasteiger partial charge >= 0.3 is 0 Å². The Balaban J connectivity index is 2.71. The zero-order chi connectivity index (χ0) is 11.5. The van der Waals surface area contributed by atoms with Crippen molar-refractivity contribution in [3.8, 4) is 5.75 Å². The summed E-state index contributed by atoms with van der Waals surface area (Å²) in [5.41, 5.74) is 5.92. The van der Waals surface area contributed by atoms with Crippen molar-refractivity contribution < 1.29 is 4.74 Å². The van der Waals surface area contributed by atoms with E-state index in [1.165, 1.54) is 10.9 Å². The lowest BCUT2D eigenvalue weighted by molar-refractivity contribution is 0.418. The van der Waals surface area contributed by atoms with Crippen molar-refractivity contribution in [3.63, 3.8) is 0 Å². The average Bonchev–Trinajstić information content (AvgIpc) is 2.32. The van der Waals surface area contributed by atoms with Crippen LogP contribution in [0.3, 0.4) is 0 Å². The van der Waals surface area contributed by atoms with Gasteiger partial charge in [-0.05, 0) is 12.1 Å². The molecule has 84 valence electrons. The summed E-state index contributed by atoms with van der Waals surface area (Å²) < 4.78 is 6.65. The van der Waals surface area contributed by atoms with Crippen molar-refractivity contribution in [3.05, 3.63) is 34.9 Å². The molecule has 1 aromatic carbocycles. The second-order valence-corrected chi connectivity index (χ2v) is 3.39. The van der Waals surface area contributed by atoms with Crippen molar-refractivity contribution in [1.82, 2.24) is 9.55 Å². The third-order valence-corrected chi connectivity index (χ3v) is 2.41. The molecule has 0 aliphatic rings. The van der Waals surface area contributed by atoms with Crippen LogP contribution in [0, 0.1) is 0 Å². The molecule has 0 aliphatic heterocycles. The topological polar surface area (TPSA) is 70.1 Å². The first-order chi connectivity index (χ1) is 7.77. The van der Waals surface area contributed by atoms with Crippen LogP contribution in [0.15, 0.2) is 29.3 Å². The Labute approximate surface area is 92.5 Å². The second kappa shape index (κ2) is 4.32. The predicted molar refractivity (Wildman–Crippen MR) is 61.6 cm³/mol. The number of hydrogen-bond donors (Lipinski definition) is 1. The minimum Gasteiger partial charge on any atom is -0.494 e. The fraction of sp³-hybridized carbons (Fsp3) is 0.273. The molecular weight excluding hydrogens is 206 g/mol. The lowest BCUT2D eigenvalue weighted by Gasteiger charge is -2.07. The second-order valence-electron chi connectivity index (χ2n) is 3.39. The molecule has 1 heterocycles. The van der Waals surface area contributed by atoms with Crippen molar-refractivity contribution in [2.24, 2.45) is 5.73 Å². The van der Waals surface area contributed by atoms with Crippen LogP contribution in [0.2, 0.25) is 0 Å². The van der Waals surface area contributed by atoms with Gasteiger partial charge in [-0.15, -0.1) is 0 Å². The van der Waals surface area contributed by atoms with Gasteiger partial charge in [0.05, 0.1) is 18.8 Å². The zero-order valence-electron chi connectivity index (χ0n) is 9.01. The quantitative estimate of drug-likeness (QED) is 0.809. The first kappa shape index (κ1) is 10.6. The van der Waals surface area contributed by atoms with Gasteiger partial charge in [-0.1, -0.05) is 6.07 Å². The summed E-state index contributed by atoms with van der Waals surface area (Å²) in [7, 11) is 1.56. The molecule has 2 aromatic rings. The number of nitrogens with zero attached hydrogens (tertiary/aromatic N) is 2. The largest absolute Gasteiger partial charge is 0.494 e. The van der Waals surface area contributed by atoms with Crippen LogP contribution < -0.4 is 16.0 Å². The molecule has 0 unspecified atom stereocenters. The summed E-state index contributed by atoms with van der Waals surface area (Å²) in [5.74, 6) is 0.606. The normalized spacial score (nSPS) is 10.6. The standard InChI is InChI=1S/C11H13N3O2/c1-16-9-4-2-3-8-10(9)13-7-14(6-5-12)11(8)15/h2-4,7H,5-6,12H2,1H3. The van der Waals surface area contributed by atoms with Gasteiger partial charge in [-0.3, -0.25) is 9.36 Å². The number of methoxy groups -OCH3 is 1. The fourth-order valence-electron chi connectivity index (χ4n) is 1.63. The van der Waals surface area contributed by atoms with Gasteiger partial charge in [-0.25, -0.2) is 4.98 Å². The van der Waals surface area contributed by atoms with Crippen LogP contribution in [-0.4, -0.2) is 23.2 Å². The first-order valence-corrected chi connectivity index (χ1v) is 5.00. The summed E-state index contributed by atoms with van der Waals surface area (Å²) >= 11 is 0. The molecule has 16 heavy (non-hydrogen) atoms. The number of nitrogens with two attached hydrogens (primary N) is 1. The zero-order valence-corrected chi connectivity index (χ0v) is 9.01. The molecule has 2 rings (SSSR count). The highest BCUT2D eigenvalue weighted by Gasteiger charge is 2.07. The van der Waals surface area contributed by atoms with Crippen molar-refractivity contribution >= 4 is 10.9 Å². The van der Waals surface area contributed by atoms with Crippen LogP contribution in [0.1, 0.15) is 0 Å². The summed E-state index contributed by atoms with van der Waals surface area (Å²) in [6.07, 6.45) is 1.50. The molecule has 2 N–H and O–H groups in total. The van der Waals surface area contributed by atoms with E-state index in [0.29, 0.717) is 29.7 Å². The lowest BCUT2D eigenvalue weighted by Crippen LogP contribution is -2.24. The molecule has 0 spiro atoms. The highest BCUT2D eigenvalue weighted by atomic mass is 16.5. The number of para-hydroxylation sites is 1. The van der Waals surface area contributed by atoms with Gasteiger partial charge in [0.1, 0.15) is 11.3 Å². The van der Waals surface area contributed by atoms with Crippen LogP contribution in [0.5, 0.6) is 5.75 Å². The van der Waals surface area contributed by atoms with E-state index in [0.717, 1.165) is 0 Å². The lowest BCUT2D eigenvalue weighted by atomic mass is 10.2. The highest BCUT2D eigenvalue weighted by molar-refractivity contribution is 5.83. The third kappa shape index (κ3) is 1.65. The van der Waals surface area contributed by atoms with Crippen molar-refractivity contribution in [2.75, 3.05) is 13.7 Å². The average molecular weight is 219 g/mol. The highest BCUT2D eigenvalue weighted by Crippen LogP contribution is 2.19. The molecule has 0 amide bonds. The Morgan fingerprint density at radius 2 is 2.31 bits per heavy atom. The van der Waals surface area contributed by atoms with Gasteiger partial charge in [0.25, 0.3) is 5.56 Å². The number of hydrogen-bond acceptors (Lipinski definition) is 4. The van der Waals surface area contributed by atoms with E-state index in [1.54, 1.807) is 25.3 Å². The molecule has 0 atom stereocenters. The number of benzene rings is 1. The van der Waals surface area contributed by atoms with Crippen LogP contribution in [0.4, 0.5) is 0 Å². The molecule has 5 heteroatoms. The van der Waals surface area contributed by atoms with Crippen LogP contribution in [0.25, 0.3) is 10.9 Å². The minimum absolute atomic E-state index is 0.0886. The minimum atomic E-state index is -0.0886. The van der Waals surface area contributed by atoms with Gasteiger partial charge in [0.15, 0.2) is 0 Å². The van der Waals surface area contributed by atoms with Gasteiger partial charge in [0, 0.05) is 13.1 Å². The molecule has 0 bridgehead atoms. The smallest absolute Gasteiger partial charge is 0.261 e. The SMILES string of the molecule is COc1cccc2c(=O)n(CCN)cnc12. The van der Waals surface area contributed by atoms with Gasteiger partial charge in [-0.2, -0.15) is 0 Å². The van der Waals surface area contributed by atoms with Gasteiger partial charge in [0.2, 0.25) is 0 Å². The molecule has 5 nitrogen and oxygen atoms in total. The van der Waals surface area contributed by atoms with E-state index in [1.807, 2.05) is 0 Å². The van der Waals surface area contributed by atoms with E-state index >= 15 is 0 Å². The first-order valence-electron chi connectivity index (χ1n) is 5.00. The van der Waals surface area contributed by atoms with Crippen molar-refractivity contribution in [1.29, 1.82) is 0 Å². The molecular formula is C11H13N3O2. The van der Waals surface area contributed by atoms with E-state index < -0.39 is 0 Å². The summed E-state index contributed by atoms with van der Waals surface area (Å²) in [6.45, 7) is 0.885. The molecule has 0 saturated heterocycles. The van der Waals surface area contributed by atoms with Crippen molar-refractivity contribution in [2.45, 2.75) is 6.54 Å². The Morgan fingerprint density at radius 1 is 1.50 bits per heavy atom. The number of fused-ring (bicyclic) bond motifs is 1. The Kier molecular flexibility index (Phi) is 2.87. The van der Waals surface area contributed by atoms with E-state index in [4.69, 9.17) is 10.5 Å². The summed E-state index contributed by atoms with van der Waals surface area (Å²) in [6, 6.07) is 5.29. The maximum absolute atomic E-state index is 12.0. The fourth-order valence-corrected chi connectivity index (χ4v) is 1.63. The van der Waals surface area contributed by atoms with Crippen LogP contribution in [-0.2, 0) is 6.54 Å². The monoisotopic (exact) mass is 219 g/mol.